The molecular formula is C23H21N5O3S2. The summed E-state index contributed by atoms with van der Waals surface area (Å²) in [5.74, 6) is 0.100. The zero-order valence-electron chi connectivity index (χ0n) is 18.0. The van der Waals surface area contributed by atoms with Gasteiger partial charge in [0.05, 0.1) is 12.9 Å². The van der Waals surface area contributed by atoms with E-state index in [1.807, 2.05) is 59.3 Å². The summed E-state index contributed by atoms with van der Waals surface area (Å²) in [7, 11) is 1.33. The predicted octanol–water partition coefficient (Wildman–Crippen LogP) is 4.61. The van der Waals surface area contributed by atoms with Gasteiger partial charge in [0, 0.05) is 35.4 Å². The summed E-state index contributed by atoms with van der Waals surface area (Å²) in [6, 6.07) is 13.3. The Kier molecular flexibility index (Phi) is 7.16. The molecule has 0 fully saturated rings. The maximum Gasteiger partial charge on any atom is 0.341 e. The first-order chi connectivity index (χ1) is 16.1. The van der Waals surface area contributed by atoms with Crippen molar-refractivity contribution in [3.63, 3.8) is 0 Å². The summed E-state index contributed by atoms with van der Waals surface area (Å²) in [5.41, 5.74) is 2.86. The summed E-state index contributed by atoms with van der Waals surface area (Å²) in [4.78, 5) is 29.2. The van der Waals surface area contributed by atoms with E-state index in [9.17, 15) is 9.59 Å². The van der Waals surface area contributed by atoms with Gasteiger partial charge in [-0.3, -0.25) is 9.78 Å². The van der Waals surface area contributed by atoms with Gasteiger partial charge in [-0.05, 0) is 24.6 Å². The van der Waals surface area contributed by atoms with E-state index in [-0.39, 0.29) is 11.7 Å². The minimum absolute atomic E-state index is 0.119. The lowest BCUT2D eigenvalue weighted by molar-refractivity contribution is -0.113. The summed E-state index contributed by atoms with van der Waals surface area (Å²) < 4.78 is 6.92. The number of nitrogens with zero attached hydrogens (tertiary/aromatic N) is 4. The van der Waals surface area contributed by atoms with Gasteiger partial charge in [-0.1, -0.05) is 42.1 Å². The van der Waals surface area contributed by atoms with Gasteiger partial charge in [-0.15, -0.1) is 21.5 Å². The third-order valence-corrected chi connectivity index (χ3v) is 6.68. The molecule has 1 amide bonds. The van der Waals surface area contributed by atoms with E-state index in [0.29, 0.717) is 22.3 Å². The molecule has 3 heterocycles. The second-order valence-corrected chi connectivity index (χ2v) is 8.66. The van der Waals surface area contributed by atoms with Crippen molar-refractivity contribution in [2.45, 2.75) is 18.6 Å². The summed E-state index contributed by atoms with van der Waals surface area (Å²) >= 11 is 2.58. The van der Waals surface area contributed by atoms with E-state index in [1.54, 1.807) is 12.4 Å². The number of thiophene rings is 1. The molecule has 0 radical (unpaired) electrons. The Morgan fingerprint density at radius 2 is 1.85 bits per heavy atom. The molecule has 1 aromatic carbocycles. The molecule has 8 nitrogen and oxygen atoms in total. The van der Waals surface area contributed by atoms with Crippen LogP contribution in [0.2, 0.25) is 0 Å². The van der Waals surface area contributed by atoms with Gasteiger partial charge in [0.2, 0.25) is 5.91 Å². The number of amides is 1. The van der Waals surface area contributed by atoms with Crippen LogP contribution in [-0.2, 0) is 16.1 Å². The van der Waals surface area contributed by atoms with Crippen molar-refractivity contribution < 1.29 is 14.3 Å². The minimum atomic E-state index is -0.495. The van der Waals surface area contributed by atoms with E-state index in [2.05, 4.69) is 20.5 Å². The number of methoxy groups -OCH3 is 1. The lowest BCUT2D eigenvalue weighted by atomic mass is 10.0. The van der Waals surface area contributed by atoms with Crippen molar-refractivity contribution in [1.29, 1.82) is 0 Å². The van der Waals surface area contributed by atoms with Gasteiger partial charge < -0.3 is 14.6 Å². The Morgan fingerprint density at radius 1 is 1.09 bits per heavy atom. The molecular weight excluding hydrogens is 458 g/mol. The van der Waals surface area contributed by atoms with E-state index >= 15 is 0 Å². The fraction of sp³-hybridized carbons (Fsp3) is 0.174. The first-order valence-electron chi connectivity index (χ1n) is 10.1. The third-order valence-electron chi connectivity index (χ3n) is 4.82. The van der Waals surface area contributed by atoms with Crippen LogP contribution >= 0.6 is 23.1 Å². The average molecular weight is 480 g/mol. The smallest absolute Gasteiger partial charge is 0.341 e. The standard InChI is InChI=1S/C23H21N5O3S2/c1-3-28-20(16-9-11-24-12-10-16)26-27-23(28)33-14-18(29)25-21-19(22(30)31-2)17(13-32-21)15-7-5-4-6-8-15/h4-13H,3,14H2,1-2H3,(H,25,29). The molecule has 168 valence electrons. The number of carbonyl (C=O) groups is 2. The Morgan fingerprint density at radius 3 is 2.55 bits per heavy atom. The molecule has 0 saturated carbocycles. The van der Waals surface area contributed by atoms with Crippen molar-refractivity contribution in [2.75, 3.05) is 18.2 Å². The molecule has 10 heteroatoms. The van der Waals surface area contributed by atoms with Gasteiger partial charge in [-0.25, -0.2) is 4.79 Å². The maximum atomic E-state index is 12.7. The molecule has 4 rings (SSSR count). The number of rotatable bonds is 8. The number of pyridine rings is 1. The van der Waals surface area contributed by atoms with Crippen molar-refractivity contribution in [3.05, 3.63) is 65.8 Å². The molecule has 33 heavy (non-hydrogen) atoms. The van der Waals surface area contributed by atoms with Gasteiger partial charge in [0.15, 0.2) is 11.0 Å². The largest absolute Gasteiger partial charge is 0.465 e. The van der Waals surface area contributed by atoms with Gasteiger partial charge in [0.25, 0.3) is 0 Å². The van der Waals surface area contributed by atoms with Crippen LogP contribution in [0.25, 0.3) is 22.5 Å². The van der Waals surface area contributed by atoms with Crippen LogP contribution in [0.5, 0.6) is 0 Å². The van der Waals surface area contributed by atoms with Crippen LogP contribution < -0.4 is 5.32 Å². The number of esters is 1. The molecule has 0 aliphatic carbocycles. The molecule has 0 unspecified atom stereocenters. The van der Waals surface area contributed by atoms with Crippen LogP contribution in [0.15, 0.2) is 65.4 Å². The van der Waals surface area contributed by atoms with Crippen LogP contribution in [-0.4, -0.2) is 44.5 Å². The Bertz CT molecular complexity index is 1260. The molecule has 0 aliphatic heterocycles. The molecule has 0 spiro atoms. The second kappa shape index (κ2) is 10.4. The monoisotopic (exact) mass is 479 g/mol. The molecule has 0 bridgehead atoms. The van der Waals surface area contributed by atoms with Crippen LogP contribution in [0.1, 0.15) is 17.3 Å². The number of carbonyl (C=O) groups excluding carboxylic acids is 2. The number of hydrogen-bond donors (Lipinski definition) is 1. The maximum absolute atomic E-state index is 12.7. The fourth-order valence-corrected chi connectivity index (χ4v) is 5.05. The van der Waals surface area contributed by atoms with E-state index in [0.717, 1.165) is 22.5 Å². The molecule has 4 aromatic rings. The van der Waals surface area contributed by atoms with E-state index in [1.165, 1.54) is 30.2 Å². The predicted molar refractivity (Wildman–Crippen MR) is 129 cm³/mol. The summed E-state index contributed by atoms with van der Waals surface area (Å²) in [6.07, 6.45) is 3.40. The van der Waals surface area contributed by atoms with Gasteiger partial charge in [0.1, 0.15) is 10.6 Å². The van der Waals surface area contributed by atoms with Crippen molar-refractivity contribution in [1.82, 2.24) is 19.7 Å². The van der Waals surface area contributed by atoms with E-state index in [4.69, 9.17) is 4.74 Å². The lowest BCUT2D eigenvalue weighted by Crippen LogP contribution is -2.16. The Labute approximate surface area is 199 Å². The first kappa shape index (κ1) is 22.7. The minimum Gasteiger partial charge on any atom is -0.465 e. The van der Waals surface area contributed by atoms with Crippen molar-refractivity contribution >= 4 is 40.0 Å². The van der Waals surface area contributed by atoms with Crippen LogP contribution in [0.3, 0.4) is 0 Å². The second-order valence-electron chi connectivity index (χ2n) is 6.83. The average Bonchev–Trinajstić information content (AvgIpc) is 3.47. The fourth-order valence-electron chi connectivity index (χ4n) is 3.27. The van der Waals surface area contributed by atoms with Crippen LogP contribution in [0.4, 0.5) is 5.00 Å². The Hall–Kier alpha value is -3.50. The highest BCUT2D eigenvalue weighted by atomic mass is 32.2. The topological polar surface area (TPSA) is 99.0 Å². The lowest BCUT2D eigenvalue weighted by Gasteiger charge is -2.09. The number of thioether (sulfide) groups is 1. The molecule has 0 atom stereocenters. The third kappa shape index (κ3) is 4.96. The number of hydrogen-bond acceptors (Lipinski definition) is 8. The SMILES string of the molecule is CCn1c(SCC(=O)Nc2scc(-c3ccccc3)c2C(=O)OC)nnc1-c1ccncc1. The van der Waals surface area contributed by atoms with E-state index < -0.39 is 5.97 Å². The summed E-state index contributed by atoms with van der Waals surface area (Å²) in [5, 5.41) is 14.3. The molecule has 1 N–H and O–H groups in total. The highest BCUT2D eigenvalue weighted by molar-refractivity contribution is 7.99. The number of aromatic nitrogens is 4. The first-order valence-corrected chi connectivity index (χ1v) is 12.0. The Balaban J connectivity index is 1.50. The highest BCUT2D eigenvalue weighted by Crippen LogP contribution is 2.36. The number of ether oxygens (including phenoxy) is 1. The quantitative estimate of drug-likeness (QED) is 0.291. The van der Waals surface area contributed by atoms with Gasteiger partial charge >= 0.3 is 5.97 Å². The van der Waals surface area contributed by atoms with Gasteiger partial charge in [-0.2, -0.15) is 0 Å². The number of nitrogens with one attached hydrogen (secondary N) is 1. The summed E-state index contributed by atoms with van der Waals surface area (Å²) in [6.45, 7) is 2.66. The van der Waals surface area contributed by atoms with Crippen LogP contribution in [0, 0.1) is 0 Å². The van der Waals surface area contributed by atoms with Crippen molar-refractivity contribution in [3.8, 4) is 22.5 Å². The van der Waals surface area contributed by atoms with Crippen molar-refractivity contribution in [2.24, 2.45) is 0 Å². The molecule has 3 aromatic heterocycles. The zero-order chi connectivity index (χ0) is 23.2. The number of anilines is 1. The zero-order valence-corrected chi connectivity index (χ0v) is 19.7. The normalized spacial score (nSPS) is 10.7. The number of benzene rings is 1. The molecule has 0 aliphatic rings. The highest BCUT2D eigenvalue weighted by Gasteiger charge is 2.23. The molecule has 0 saturated heterocycles.